The number of aryl methyl sites for hydroxylation is 1. The molecule has 3 N–H and O–H groups in total. The van der Waals surface area contributed by atoms with Gasteiger partial charge in [-0.2, -0.15) is 0 Å². The number of nitrogens with zero attached hydrogens (tertiary/aromatic N) is 1. The van der Waals surface area contributed by atoms with Crippen molar-refractivity contribution in [3.8, 4) is 0 Å². The van der Waals surface area contributed by atoms with E-state index in [2.05, 4.69) is 21.7 Å². The summed E-state index contributed by atoms with van der Waals surface area (Å²) in [6.45, 7) is 5.43. The molecule has 0 saturated carbocycles. The van der Waals surface area contributed by atoms with Crippen molar-refractivity contribution >= 4 is 5.96 Å². The van der Waals surface area contributed by atoms with Crippen molar-refractivity contribution in [1.82, 2.24) is 10.6 Å². The molecule has 5 heteroatoms. The SMILES string of the molecule is CCNC(=NCc1cccc(C)c1)NCC(O)c1ccccc1F. The normalized spacial score (nSPS) is 12.8. The first kappa shape index (κ1) is 17.9. The Morgan fingerprint density at radius 3 is 2.67 bits per heavy atom. The Morgan fingerprint density at radius 2 is 1.96 bits per heavy atom. The fraction of sp³-hybridized carbons (Fsp3) is 0.316. The Balaban J connectivity index is 1.97. The summed E-state index contributed by atoms with van der Waals surface area (Å²) in [7, 11) is 0. The van der Waals surface area contributed by atoms with Crippen LogP contribution in [0.5, 0.6) is 0 Å². The molecule has 2 rings (SSSR count). The molecule has 2 aromatic carbocycles. The van der Waals surface area contributed by atoms with E-state index in [-0.39, 0.29) is 12.1 Å². The quantitative estimate of drug-likeness (QED) is 0.564. The Morgan fingerprint density at radius 1 is 1.17 bits per heavy atom. The van der Waals surface area contributed by atoms with Crippen molar-refractivity contribution in [1.29, 1.82) is 0 Å². The molecule has 128 valence electrons. The summed E-state index contributed by atoms with van der Waals surface area (Å²) in [5.74, 6) is 0.183. The maximum atomic E-state index is 13.7. The van der Waals surface area contributed by atoms with Crippen molar-refractivity contribution < 1.29 is 9.50 Å². The molecular weight excluding hydrogens is 305 g/mol. The molecule has 0 amide bonds. The lowest BCUT2D eigenvalue weighted by molar-refractivity contribution is 0.176. The van der Waals surface area contributed by atoms with E-state index in [0.717, 1.165) is 5.56 Å². The molecule has 4 nitrogen and oxygen atoms in total. The number of benzene rings is 2. The van der Waals surface area contributed by atoms with Crippen LogP contribution in [0.1, 0.15) is 29.7 Å². The van der Waals surface area contributed by atoms with Crippen LogP contribution in [0.2, 0.25) is 0 Å². The number of hydrogen-bond acceptors (Lipinski definition) is 2. The highest BCUT2D eigenvalue weighted by atomic mass is 19.1. The average Bonchev–Trinajstić information content (AvgIpc) is 2.57. The van der Waals surface area contributed by atoms with E-state index in [0.29, 0.717) is 19.0 Å². The summed E-state index contributed by atoms with van der Waals surface area (Å²) >= 11 is 0. The second kappa shape index (κ2) is 9.03. The van der Waals surface area contributed by atoms with Gasteiger partial charge in [-0.1, -0.05) is 48.0 Å². The van der Waals surface area contributed by atoms with Gasteiger partial charge in [0, 0.05) is 18.7 Å². The molecule has 0 bridgehead atoms. The number of rotatable bonds is 6. The molecule has 1 atom stereocenters. The molecule has 0 heterocycles. The number of hydrogen-bond donors (Lipinski definition) is 3. The minimum Gasteiger partial charge on any atom is -0.386 e. The number of nitrogens with one attached hydrogen (secondary N) is 2. The van der Waals surface area contributed by atoms with Crippen molar-refractivity contribution in [3.05, 3.63) is 71.0 Å². The smallest absolute Gasteiger partial charge is 0.191 e. The van der Waals surface area contributed by atoms with Crippen LogP contribution >= 0.6 is 0 Å². The van der Waals surface area contributed by atoms with Gasteiger partial charge in [0.15, 0.2) is 5.96 Å². The van der Waals surface area contributed by atoms with Crippen LogP contribution in [-0.2, 0) is 6.54 Å². The molecule has 0 aliphatic rings. The van der Waals surface area contributed by atoms with E-state index in [1.165, 1.54) is 11.6 Å². The van der Waals surface area contributed by atoms with Crippen LogP contribution in [0.3, 0.4) is 0 Å². The highest BCUT2D eigenvalue weighted by Crippen LogP contribution is 2.15. The lowest BCUT2D eigenvalue weighted by Crippen LogP contribution is -2.39. The Labute approximate surface area is 142 Å². The van der Waals surface area contributed by atoms with Crippen LogP contribution < -0.4 is 10.6 Å². The van der Waals surface area contributed by atoms with Gasteiger partial charge in [0.1, 0.15) is 5.82 Å². The number of aliphatic hydroxyl groups is 1. The maximum Gasteiger partial charge on any atom is 0.191 e. The summed E-state index contributed by atoms with van der Waals surface area (Å²) in [4.78, 5) is 4.50. The Kier molecular flexibility index (Phi) is 6.75. The van der Waals surface area contributed by atoms with Gasteiger partial charge >= 0.3 is 0 Å². The number of aliphatic hydroxyl groups excluding tert-OH is 1. The third kappa shape index (κ3) is 5.35. The largest absolute Gasteiger partial charge is 0.386 e. The first-order chi connectivity index (χ1) is 11.6. The van der Waals surface area contributed by atoms with Crippen LogP contribution in [0.25, 0.3) is 0 Å². The number of halogens is 1. The first-order valence-electron chi connectivity index (χ1n) is 8.10. The molecule has 0 saturated heterocycles. The van der Waals surface area contributed by atoms with E-state index < -0.39 is 11.9 Å². The molecule has 24 heavy (non-hydrogen) atoms. The summed E-state index contributed by atoms with van der Waals surface area (Å²) in [5.41, 5.74) is 2.58. The predicted molar refractivity (Wildman–Crippen MR) is 95.4 cm³/mol. The fourth-order valence-electron chi connectivity index (χ4n) is 2.37. The van der Waals surface area contributed by atoms with Gasteiger partial charge in [0.05, 0.1) is 12.6 Å². The van der Waals surface area contributed by atoms with Crippen LogP contribution in [0, 0.1) is 12.7 Å². The molecule has 0 aliphatic heterocycles. The van der Waals surface area contributed by atoms with E-state index in [1.54, 1.807) is 18.2 Å². The second-order valence-electron chi connectivity index (χ2n) is 5.60. The molecule has 0 spiro atoms. The second-order valence-corrected chi connectivity index (χ2v) is 5.60. The molecule has 2 aromatic rings. The van der Waals surface area contributed by atoms with Gasteiger partial charge in [-0.15, -0.1) is 0 Å². The molecule has 0 aliphatic carbocycles. The molecule has 1 unspecified atom stereocenters. The number of aliphatic imine (C=N–C) groups is 1. The minimum absolute atomic E-state index is 0.181. The standard InChI is InChI=1S/C19H24FN3O/c1-3-21-19(22-12-15-8-6-7-14(2)11-15)23-13-18(24)16-9-4-5-10-17(16)20/h4-11,18,24H,3,12-13H2,1-2H3,(H2,21,22,23). The number of guanidine groups is 1. The first-order valence-corrected chi connectivity index (χ1v) is 8.10. The van der Waals surface area contributed by atoms with Gasteiger partial charge in [-0.3, -0.25) is 0 Å². The van der Waals surface area contributed by atoms with Crippen molar-refractivity contribution in [2.75, 3.05) is 13.1 Å². The van der Waals surface area contributed by atoms with Gasteiger partial charge in [-0.05, 0) is 25.5 Å². The van der Waals surface area contributed by atoms with Crippen LogP contribution in [-0.4, -0.2) is 24.2 Å². The summed E-state index contributed by atoms with van der Waals surface area (Å²) in [5, 5.41) is 16.3. The predicted octanol–water partition coefficient (Wildman–Crippen LogP) is 2.92. The molecule has 0 radical (unpaired) electrons. The van der Waals surface area contributed by atoms with Crippen LogP contribution in [0.4, 0.5) is 4.39 Å². The topological polar surface area (TPSA) is 56.7 Å². The third-order valence-electron chi connectivity index (χ3n) is 3.57. The Hall–Kier alpha value is -2.40. The fourth-order valence-corrected chi connectivity index (χ4v) is 2.37. The summed E-state index contributed by atoms with van der Waals surface area (Å²) in [6, 6.07) is 14.4. The Bertz CT molecular complexity index is 688. The summed E-state index contributed by atoms with van der Waals surface area (Å²) < 4.78 is 13.7. The zero-order valence-corrected chi connectivity index (χ0v) is 14.1. The van der Waals surface area contributed by atoms with E-state index in [9.17, 15) is 9.50 Å². The van der Waals surface area contributed by atoms with Crippen LogP contribution in [0.15, 0.2) is 53.5 Å². The van der Waals surface area contributed by atoms with Gasteiger partial charge in [-0.25, -0.2) is 9.38 Å². The zero-order valence-electron chi connectivity index (χ0n) is 14.1. The van der Waals surface area contributed by atoms with E-state index in [1.807, 2.05) is 32.0 Å². The lowest BCUT2D eigenvalue weighted by atomic mass is 10.1. The summed E-state index contributed by atoms with van der Waals surface area (Å²) in [6.07, 6.45) is -0.936. The highest BCUT2D eigenvalue weighted by molar-refractivity contribution is 5.79. The van der Waals surface area contributed by atoms with E-state index in [4.69, 9.17) is 0 Å². The van der Waals surface area contributed by atoms with Gasteiger partial charge < -0.3 is 15.7 Å². The zero-order chi connectivity index (χ0) is 17.4. The maximum absolute atomic E-state index is 13.7. The monoisotopic (exact) mass is 329 g/mol. The van der Waals surface area contributed by atoms with Crippen molar-refractivity contribution in [2.45, 2.75) is 26.5 Å². The van der Waals surface area contributed by atoms with E-state index >= 15 is 0 Å². The molecule has 0 aromatic heterocycles. The lowest BCUT2D eigenvalue weighted by Gasteiger charge is -2.16. The van der Waals surface area contributed by atoms with Crippen molar-refractivity contribution in [3.63, 3.8) is 0 Å². The molecule has 0 fully saturated rings. The third-order valence-corrected chi connectivity index (χ3v) is 3.57. The van der Waals surface area contributed by atoms with Crippen molar-refractivity contribution in [2.24, 2.45) is 4.99 Å². The van der Waals surface area contributed by atoms with Gasteiger partial charge in [0.2, 0.25) is 0 Å². The highest BCUT2D eigenvalue weighted by Gasteiger charge is 2.12. The van der Waals surface area contributed by atoms with Gasteiger partial charge in [0.25, 0.3) is 0 Å². The minimum atomic E-state index is -0.936. The molecular formula is C19H24FN3O. The average molecular weight is 329 g/mol.